The second kappa shape index (κ2) is 12.5. The minimum Gasteiger partial charge on any atom is -0.507 e. The summed E-state index contributed by atoms with van der Waals surface area (Å²) in [7, 11) is 0.568. The molecule has 2 saturated heterocycles. The Morgan fingerprint density at radius 1 is 1.07 bits per heavy atom. The smallest absolute Gasteiger partial charge is 0.455 e. The Morgan fingerprint density at radius 3 is 2.48 bits per heavy atom. The SMILES string of the molecule is COCC1=C2[C@@H](CC/C(=C/c3cc(C)c(O)c(C)c3)c3ccccn3)OB(O)C[C@@H]2[C@@H]2C(=O)N(c3ccccc3)C(=O)[C@@H]2C1. The number of para-hydroxylation sites is 1. The number of anilines is 1. The van der Waals surface area contributed by atoms with Gasteiger partial charge in [-0.3, -0.25) is 19.5 Å². The summed E-state index contributed by atoms with van der Waals surface area (Å²) in [4.78, 5) is 33.5. The molecule has 2 aliphatic heterocycles. The number of phenolic OH excluding ortho intramolecular Hbond substituents is 1. The summed E-state index contributed by atoms with van der Waals surface area (Å²) in [6, 6.07) is 18.7. The number of hydrogen-bond donors (Lipinski definition) is 2. The molecule has 8 nitrogen and oxygen atoms in total. The number of carbonyl (C=O) groups excluding carboxylic acids is 2. The second-order valence-electron chi connectivity index (χ2n) is 12.0. The Morgan fingerprint density at radius 2 is 1.80 bits per heavy atom. The van der Waals surface area contributed by atoms with E-state index in [2.05, 4.69) is 11.1 Å². The van der Waals surface area contributed by atoms with Crippen molar-refractivity contribution in [2.75, 3.05) is 18.6 Å². The fourth-order valence-electron chi connectivity index (χ4n) is 7.29. The quantitative estimate of drug-likeness (QED) is 0.206. The molecule has 2 fully saturated rings. The summed E-state index contributed by atoms with van der Waals surface area (Å²) in [5.41, 5.74) is 6.88. The Labute approximate surface area is 258 Å². The average molecular weight is 593 g/mol. The predicted molar refractivity (Wildman–Crippen MR) is 169 cm³/mol. The molecule has 0 radical (unpaired) electrons. The maximum absolute atomic E-state index is 13.9. The van der Waals surface area contributed by atoms with Crippen molar-refractivity contribution in [1.82, 2.24) is 4.98 Å². The van der Waals surface area contributed by atoms with Crippen LogP contribution in [0.3, 0.4) is 0 Å². The highest BCUT2D eigenvalue weighted by Crippen LogP contribution is 2.51. The minimum atomic E-state index is -1.06. The first-order chi connectivity index (χ1) is 21.3. The molecule has 1 aliphatic carbocycles. The van der Waals surface area contributed by atoms with E-state index in [4.69, 9.17) is 9.39 Å². The fourth-order valence-corrected chi connectivity index (χ4v) is 7.29. The molecule has 9 heteroatoms. The number of methoxy groups -OCH3 is 1. The number of hydrogen-bond acceptors (Lipinski definition) is 7. The van der Waals surface area contributed by atoms with Crippen molar-refractivity contribution in [2.45, 2.75) is 45.5 Å². The Hall–Kier alpha value is -4.05. The third-order valence-corrected chi connectivity index (χ3v) is 9.16. The Bertz CT molecular complexity index is 1600. The number of aryl methyl sites for hydroxylation is 2. The van der Waals surface area contributed by atoms with Crippen LogP contribution in [0.1, 0.15) is 41.6 Å². The molecular formula is C35H37BN2O6. The van der Waals surface area contributed by atoms with Crippen LogP contribution in [0.4, 0.5) is 5.69 Å². The van der Waals surface area contributed by atoms with E-state index >= 15 is 0 Å². The molecule has 6 rings (SSSR count). The van der Waals surface area contributed by atoms with Gasteiger partial charge in [-0.25, -0.2) is 0 Å². The molecule has 3 aromatic rings. The summed E-state index contributed by atoms with van der Waals surface area (Å²) in [5, 5.41) is 21.3. The van der Waals surface area contributed by atoms with Gasteiger partial charge >= 0.3 is 7.12 Å². The molecule has 2 aromatic carbocycles. The number of allylic oxidation sites excluding steroid dienone is 1. The molecule has 0 unspecified atom stereocenters. The number of imide groups is 1. The number of phenols is 1. The van der Waals surface area contributed by atoms with E-state index in [1.54, 1.807) is 25.4 Å². The highest BCUT2D eigenvalue weighted by Gasteiger charge is 2.57. The summed E-state index contributed by atoms with van der Waals surface area (Å²) in [5.74, 6) is -1.52. The zero-order valence-corrected chi connectivity index (χ0v) is 25.3. The first-order valence-electron chi connectivity index (χ1n) is 15.2. The molecule has 4 atom stereocenters. The molecule has 44 heavy (non-hydrogen) atoms. The number of benzene rings is 2. The highest BCUT2D eigenvalue weighted by molar-refractivity contribution is 6.43. The van der Waals surface area contributed by atoms with Crippen LogP contribution in [0.2, 0.25) is 6.32 Å². The first kappa shape index (κ1) is 30.0. The van der Waals surface area contributed by atoms with Gasteiger partial charge in [0.05, 0.1) is 35.9 Å². The molecule has 0 bridgehead atoms. The molecule has 226 valence electrons. The number of nitrogens with zero attached hydrogens (tertiary/aromatic N) is 2. The number of carbonyl (C=O) groups is 2. The molecule has 3 aliphatic rings. The largest absolute Gasteiger partial charge is 0.507 e. The van der Waals surface area contributed by atoms with Crippen molar-refractivity contribution >= 4 is 36.3 Å². The van der Waals surface area contributed by atoms with E-state index in [0.29, 0.717) is 31.6 Å². The van der Waals surface area contributed by atoms with Crippen LogP contribution in [0.15, 0.2) is 78.0 Å². The normalized spacial score (nSPS) is 23.7. The number of ether oxygens (including phenoxy) is 1. The zero-order valence-electron chi connectivity index (χ0n) is 25.3. The third-order valence-electron chi connectivity index (χ3n) is 9.16. The van der Waals surface area contributed by atoms with Crippen LogP contribution in [-0.4, -0.2) is 53.9 Å². The maximum atomic E-state index is 13.9. The van der Waals surface area contributed by atoms with Crippen LogP contribution in [-0.2, 0) is 19.0 Å². The van der Waals surface area contributed by atoms with Crippen molar-refractivity contribution in [3.05, 3.63) is 100 Å². The third kappa shape index (κ3) is 5.63. The molecule has 1 aromatic heterocycles. The van der Waals surface area contributed by atoms with Gasteiger partial charge in [0.2, 0.25) is 11.8 Å². The lowest BCUT2D eigenvalue weighted by Gasteiger charge is -2.43. The zero-order chi connectivity index (χ0) is 31.0. The van der Waals surface area contributed by atoms with Gasteiger partial charge in [-0.2, -0.15) is 0 Å². The fraction of sp³-hybridized carbons (Fsp3) is 0.343. The van der Waals surface area contributed by atoms with Crippen molar-refractivity contribution in [1.29, 1.82) is 0 Å². The van der Waals surface area contributed by atoms with Crippen molar-refractivity contribution < 1.29 is 29.1 Å². The van der Waals surface area contributed by atoms with Gasteiger partial charge in [0.25, 0.3) is 0 Å². The summed E-state index contributed by atoms with van der Waals surface area (Å²) < 4.78 is 11.8. The number of aromatic nitrogens is 1. The average Bonchev–Trinajstić information content (AvgIpc) is 3.27. The molecule has 0 saturated carbocycles. The second-order valence-corrected chi connectivity index (χ2v) is 12.0. The van der Waals surface area contributed by atoms with E-state index in [1.165, 1.54) is 4.90 Å². The van der Waals surface area contributed by atoms with Gasteiger partial charge in [0.15, 0.2) is 0 Å². The molecule has 2 amide bonds. The van der Waals surface area contributed by atoms with Crippen molar-refractivity contribution in [2.24, 2.45) is 17.8 Å². The van der Waals surface area contributed by atoms with E-state index in [-0.39, 0.29) is 29.8 Å². The number of aromatic hydroxyl groups is 1. The van der Waals surface area contributed by atoms with Gasteiger partial charge in [-0.05, 0) is 121 Å². The molecule has 3 heterocycles. The van der Waals surface area contributed by atoms with Crippen LogP contribution in [0.5, 0.6) is 5.75 Å². The van der Waals surface area contributed by atoms with E-state index < -0.39 is 25.1 Å². The van der Waals surface area contributed by atoms with Crippen LogP contribution < -0.4 is 4.90 Å². The monoisotopic (exact) mass is 592 g/mol. The molecule has 0 spiro atoms. The lowest BCUT2D eigenvalue weighted by atomic mass is 9.58. The number of rotatable bonds is 8. The standard InChI is InChI=1S/C35H37BN2O6/c1-21-15-23(16-22(2)33(21)39)17-24(29-11-7-8-14-37-29)12-13-30-31-25(20-43-3)18-27-32(28(31)19-36(42)44-30)35(41)38(34(27)40)26-9-5-4-6-10-26/h4-11,14-17,27-28,30,32,39,42H,12-13,18-20H2,1-3H3/b24-17-/t27-,28+,30-,32-/m1/s1. The number of pyridine rings is 1. The Kier molecular flexibility index (Phi) is 8.54. The Balaban J connectivity index is 1.34. The van der Waals surface area contributed by atoms with Crippen LogP contribution in [0, 0.1) is 31.6 Å². The van der Waals surface area contributed by atoms with Crippen LogP contribution in [0.25, 0.3) is 11.6 Å². The minimum absolute atomic E-state index is 0.198. The summed E-state index contributed by atoms with van der Waals surface area (Å²) in [6.07, 6.45) is 5.17. The summed E-state index contributed by atoms with van der Waals surface area (Å²) >= 11 is 0. The predicted octanol–water partition coefficient (Wildman–Crippen LogP) is 5.37. The first-order valence-corrected chi connectivity index (χ1v) is 15.2. The number of amides is 2. The molecular weight excluding hydrogens is 555 g/mol. The maximum Gasteiger partial charge on any atom is 0.455 e. The number of fused-ring (bicyclic) bond motifs is 3. The lowest BCUT2D eigenvalue weighted by Crippen LogP contribution is -2.46. The van der Waals surface area contributed by atoms with Gasteiger partial charge in [0.1, 0.15) is 5.75 Å². The van der Waals surface area contributed by atoms with Gasteiger partial charge in [-0.1, -0.05) is 24.3 Å². The van der Waals surface area contributed by atoms with E-state index in [9.17, 15) is 19.7 Å². The van der Waals surface area contributed by atoms with Crippen LogP contribution >= 0.6 is 0 Å². The van der Waals surface area contributed by atoms with Crippen molar-refractivity contribution in [3.63, 3.8) is 0 Å². The van der Waals surface area contributed by atoms with Gasteiger partial charge < -0.3 is 19.5 Å². The molecule has 2 N–H and O–H groups in total. The van der Waals surface area contributed by atoms with Gasteiger partial charge in [-0.15, -0.1) is 0 Å². The topological polar surface area (TPSA) is 109 Å². The van der Waals surface area contributed by atoms with Crippen molar-refractivity contribution in [3.8, 4) is 5.75 Å². The van der Waals surface area contributed by atoms with E-state index in [0.717, 1.165) is 39.1 Å². The van der Waals surface area contributed by atoms with E-state index in [1.807, 2.05) is 62.4 Å². The highest BCUT2D eigenvalue weighted by atomic mass is 16.5. The summed E-state index contributed by atoms with van der Waals surface area (Å²) in [6.45, 7) is 4.09. The lowest BCUT2D eigenvalue weighted by molar-refractivity contribution is -0.122. The van der Waals surface area contributed by atoms with Gasteiger partial charge in [0, 0.05) is 13.3 Å².